The molecule has 1 aromatic carbocycles. The molecule has 1 aliphatic heterocycles. The van der Waals surface area contributed by atoms with Crippen molar-refractivity contribution < 1.29 is 33.0 Å². The summed E-state index contributed by atoms with van der Waals surface area (Å²) in [6.07, 6.45) is -6.24. The van der Waals surface area contributed by atoms with E-state index in [-0.39, 0.29) is 11.3 Å². The van der Waals surface area contributed by atoms with E-state index in [0.29, 0.717) is 4.90 Å². The van der Waals surface area contributed by atoms with Crippen molar-refractivity contribution in [2.24, 2.45) is 10.9 Å². The van der Waals surface area contributed by atoms with Crippen molar-refractivity contribution in [2.75, 3.05) is 0 Å². The highest BCUT2D eigenvalue weighted by molar-refractivity contribution is 7.80. The van der Waals surface area contributed by atoms with Crippen molar-refractivity contribution in [3.63, 3.8) is 0 Å². The summed E-state index contributed by atoms with van der Waals surface area (Å²) >= 11 is 4.85. The second-order valence-electron chi connectivity index (χ2n) is 5.07. The number of alkyl halides is 3. The molecule has 1 heterocycles. The molecule has 0 aromatic heterocycles. The number of benzene rings is 1. The number of carboxylic acids is 1. The number of nitrogens with zero attached hydrogens (tertiary/aromatic N) is 2. The molecule has 0 aliphatic carbocycles. The molecule has 0 radical (unpaired) electrons. The van der Waals surface area contributed by atoms with Crippen molar-refractivity contribution in [1.82, 2.24) is 4.90 Å². The van der Waals surface area contributed by atoms with E-state index in [0.717, 1.165) is 18.2 Å². The van der Waals surface area contributed by atoms with E-state index in [4.69, 9.17) is 12.2 Å². The van der Waals surface area contributed by atoms with Crippen molar-refractivity contribution in [3.05, 3.63) is 35.4 Å². The smallest absolute Gasteiger partial charge is 0.416 e. The molecule has 2 unspecified atom stereocenters. The lowest BCUT2D eigenvalue weighted by Gasteiger charge is -2.36. The van der Waals surface area contributed by atoms with Gasteiger partial charge in [-0.3, -0.25) is 4.79 Å². The Morgan fingerprint density at radius 3 is 2.42 bits per heavy atom. The van der Waals surface area contributed by atoms with E-state index < -0.39 is 40.9 Å². The number of hydrogen-bond donors (Lipinski definition) is 2. The van der Waals surface area contributed by atoms with Gasteiger partial charge in [0.15, 0.2) is 0 Å². The van der Waals surface area contributed by atoms with Gasteiger partial charge in [-0.25, -0.2) is 14.7 Å². The van der Waals surface area contributed by atoms with Crippen LogP contribution in [0.3, 0.4) is 0 Å². The first-order chi connectivity index (χ1) is 11.0. The van der Waals surface area contributed by atoms with Crippen LogP contribution in [0.4, 0.5) is 18.0 Å². The highest BCUT2D eigenvalue weighted by Crippen LogP contribution is 2.37. The second kappa shape index (κ2) is 6.19. The predicted molar refractivity (Wildman–Crippen MR) is 80.9 cm³/mol. The zero-order valence-electron chi connectivity index (χ0n) is 12.1. The van der Waals surface area contributed by atoms with Crippen molar-refractivity contribution >= 4 is 35.1 Å². The van der Waals surface area contributed by atoms with Gasteiger partial charge < -0.3 is 10.2 Å². The molecule has 2 N–H and O–H groups in total. The van der Waals surface area contributed by atoms with Crippen LogP contribution in [0, 0.1) is 5.92 Å². The Balaban J connectivity index is 2.65. The fourth-order valence-electron chi connectivity index (χ4n) is 2.53. The van der Waals surface area contributed by atoms with Gasteiger partial charge in [0.2, 0.25) is 5.11 Å². The van der Waals surface area contributed by atoms with Crippen LogP contribution in [0.1, 0.15) is 24.1 Å². The zero-order chi connectivity index (χ0) is 18.2. The van der Waals surface area contributed by atoms with Crippen LogP contribution in [0.15, 0.2) is 29.3 Å². The molecular formula is C14H11F3N2O4S. The first kappa shape index (κ1) is 17.9. The third-order valence-corrected chi connectivity index (χ3v) is 3.84. The summed E-state index contributed by atoms with van der Waals surface area (Å²) in [6, 6.07) is 2.41. The number of halogens is 3. The molecular weight excluding hydrogens is 349 g/mol. The van der Waals surface area contributed by atoms with Crippen LogP contribution in [0.2, 0.25) is 0 Å². The van der Waals surface area contributed by atoms with E-state index in [9.17, 15) is 33.0 Å². The minimum absolute atomic E-state index is 0.0208. The molecule has 24 heavy (non-hydrogen) atoms. The van der Waals surface area contributed by atoms with Crippen LogP contribution in [-0.2, 0) is 11.0 Å². The molecule has 1 aromatic rings. The number of thiocarbonyl (C=S) groups is 1. The molecule has 0 fully saturated rings. The van der Waals surface area contributed by atoms with Crippen molar-refractivity contribution in [1.29, 1.82) is 0 Å². The molecule has 10 heteroatoms. The summed E-state index contributed by atoms with van der Waals surface area (Å²) in [4.78, 5) is 27.2. The number of carbonyl (C=O) groups is 2. The van der Waals surface area contributed by atoms with Gasteiger partial charge >= 0.3 is 18.2 Å². The molecule has 0 bridgehead atoms. The van der Waals surface area contributed by atoms with Gasteiger partial charge in [-0.15, -0.1) is 0 Å². The number of carboxylic acid groups (broad SMARTS) is 2. The molecule has 6 nitrogen and oxygen atoms in total. The Kier molecular flexibility index (Phi) is 4.61. The van der Waals surface area contributed by atoms with Crippen LogP contribution in [0.5, 0.6) is 0 Å². The average Bonchev–Trinajstić information content (AvgIpc) is 2.44. The summed E-state index contributed by atoms with van der Waals surface area (Å²) in [5, 5.41) is 18.3. The van der Waals surface area contributed by atoms with Gasteiger partial charge in [0.05, 0.1) is 11.6 Å². The Hall–Kier alpha value is -2.49. The first-order valence-corrected chi connectivity index (χ1v) is 6.96. The fourth-order valence-corrected chi connectivity index (χ4v) is 2.86. The number of aliphatic carboxylic acids is 1. The number of hydrogen-bond acceptors (Lipinski definition) is 3. The topological polar surface area (TPSA) is 90.2 Å². The van der Waals surface area contributed by atoms with E-state index >= 15 is 0 Å². The molecule has 1 amide bonds. The summed E-state index contributed by atoms with van der Waals surface area (Å²) in [7, 11) is 0. The van der Waals surface area contributed by atoms with Gasteiger partial charge in [-0.2, -0.15) is 13.2 Å². The molecule has 0 spiro atoms. The first-order valence-electron chi connectivity index (χ1n) is 6.55. The molecule has 2 rings (SSSR count). The average molecular weight is 360 g/mol. The van der Waals surface area contributed by atoms with E-state index in [1.165, 1.54) is 13.0 Å². The van der Waals surface area contributed by atoms with Gasteiger partial charge in [-0.05, 0) is 36.8 Å². The van der Waals surface area contributed by atoms with Gasteiger partial charge in [0, 0.05) is 5.71 Å². The summed E-state index contributed by atoms with van der Waals surface area (Å²) in [6.45, 7) is 1.34. The largest absolute Gasteiger partial charge is 0.481 e. The second-order valence-corrected chi connectivity index (χ2v) is 5.44. The predicted octanol–water partition coefficient (Wildman–Crippen LogP) is 3.19. The van der Waals surface area contributed by atoms with E-state index in [1.807, 2.05) is 0 Å². The Bertz CT molecular complexity index is 748. The van der Waals surface area contributed by atoms with E-state index in [2.05, 4.69) is 4.99 Å². The minimum atomic E-state index is -4.65. The Labute approximate surface area is 139 Å². The maximum Gasteiger partial charge on any atom is 0.416 e. The van der Waals surface area contributed by atoms with Gasteiger partial charge in [0.1, 0.15) is 5.92 Å². The van der Waals surface area contributed by atoms with Crippen molar-refractivity contribution in [2.45, 2.75) is 19.1 Å². The number of rotatable bonds is 2. The molecule has 0 saturated carbocycles. The normalized spacial score (nSPS) is 21.4. The highest BCUT2D eigenvalue weighted by Gasteiger charge is 2.44. The van der Waals surface area contributed by atoms with Crippen LogP contribution in [0.25, 0.3) is 0 Å². The van der Waals surface area contributed by atoms with Crippen molar-refractivity contribution in [3.8, 4) is 0 Å². The Morgan fingerprint density at radius 1 is 1.29 bits per heavy atom. The summed E-state index contributed by atoms with van der Waals surface area (Å²) < 4.78 is 38.7. The van der Waals surface area contributed by atoms with Gasteiger partial charge in [-0.1, -0.05) is 12.1 Å². The lowest BCUT2D eigenvalue weighted by Crippen LogP contribution is -2.48. The molecule has 128 valence electrons. The fraction of sp³-hybridized carbons (Fsp3) is 0.286. The molecule has 1 aliphatic rings. The maximum absolute atomic E-state index is 12.9. The SMILES string of the molecule is CC1=NC(=S)N(C(=O)O)C(c2cccc(C(F)(F)F)c2)C1C(=O)O. The molecule has 0 saturated heterocycles. The number of aliphatic imine (C=N–C) groups is 1. The third-order valence-electron chi connectivity index (χ3n) is 3.55. The quantitative estimate of drug-likeness (QED) is 0.791. The minimum Gasteiger partial charge on any atom is -0.481 e. The molecule has 2 atom stereocenters. The van der Waals surface area contributed by atoms with E-state index in [1.54, 1.807) is 0 Å². The Morgan fingerprint density at radius 2 is 1.92 bits per heavy atom. The summed E-state index contributed by atoms with van der Waals surface area (Å²) in [5.74, 6) is -2.86. The third kappa shape index (κ3) is 3.23. The zero-order valence-corrected chi connectivity index (χ0v) is 12.9. The number of amides is 1. The highest BCUT2D eigenvalue weighted by atomic mass is 32.1. The lowest BCUT2D eigenvalue weighted by molar-refractivity contribution is -0.140. The van der Waals surface area contributed by atoms with Crippen LogP contribution < -0.4 is 0 Å². The van der Waals surface area contributed by atoms with Crippen LogP contribution in [-0.4, -0.2) is 38.0 Å². The standard InChI is InChI=1S/C14H11F3N2O4S/c1-6-9(11(20)21)10(19(13(22)23)12(24)18-6)7-3-2-4-8(5-7)14(15,16)17/h2-5,9-10H,1H3,(H,20,21)(H,22,23). The monoisotopic (exact) mass is 360 g/mol. The van der Waals surface area contributed by atoms with Gasteiger partial charge in [0.25, 0.3) is 0 Å². The maximum atomic E-state index is 12.9. The van der Waals surface area contributed by atoms with Crippen LogP contribution >= 0.6 is 12.2 Å². The summed E-state index contributed by atoms with van der Waals surface area (Å²) in [5.41, 5.74) is -1.12. The lowest BCUT2D eigenvalue weighted by atomic mass is 9.86.